The van der Waals surface area contributed by atoms with Gasteiger partial charge in [0.2, 0.25) is 0 Å². The normalized spacial score (nSPS) is 29.2. The second-order valence-corrected chi connectivity index (χ2v) is 4.88. The second kappa shape index (κ2) is 4.43. The average molecular weight is 279 g/mol. The Morgan fingerprint density at radius 3 is 2.95 bits per heavy atom. The number of ether oxygens (including phenoxy) is 1. The molecule has 0 aliphatic carbocycles. The number of aromatic nitrogens is 2. The van der Waals surface area contributed by atoms with Gasteiger partial charge in [-0.1, -0.05) is 0 Å². The summed E-state index contributed by atoms with van der Waals surface area (Å²) in [4.78, 5) is 30.5. The first kappa shape index (κ1) is 12.8. The molecule has 3 heterocycles. The van der Waals surface area contributed by atoms with E-state index in [0.29, 0.717) is 5.69 Å². The van der Waals surface area contributed by atoms with Crippen molar-refractivity contribution >= 4 is 17.3 Å². The molecule has 2 aliphatic rings. The van der Waals surface area contributed by atoms with Gasteiger partial charge in [0.1, 0.15) is 11.2 Å². The molecule has 1 aromatic rings. The quantitative estimate of drug-likeness (QED) is 0.553. The van der Waals surface area contributed by atoms with E-state index in [1.165, 1.54) is 12.5 Å². The Morgan fingerprint density at radius 1 is 1.60 bits per heavy atom. The Kier molecular flexibility index (Phi) is 2.84. The summed E-state index contributed by atoms with van der Waals surface area (Å²) in [5, 5.41) is 21.1. The largest absolute Gasteiger partial charge is 0.477 e. The number of imidazole rings is 1. The lowest BCUT2D eigenvalue weighted by Gasteiger charge is -2.21. The molecule has 1 spiro atoms. The van der Waals surface area contributed by atoms with Crippen LogP contribution in [0.25, 0.3) is 5.57 Å². The average Bonchev–Trinajstić information content (AvgIpc) is 3.12. The number of aliphatic hydroxyl groups excluding tert-OH is 1. The molecule has 106 valence electrons. The van der Waals surface area contributed by atoms with Crippen molar-refractivity contribution < 1.29 is 24.5 Å². The summed E-state index contributed by atoms with van der Waals surface area (Å²) in [6.07, 6.45) is 2.54. The second-order valence-electron chi connectivity index (χ2n) is 4.88. The van der Waals surface area contributed by atoms with E-state index in [0.717, 1.165) is 0 Å². The zero-order chi connectivity index (χ0) is 14.3. The van der Waals surface area contributed by atoms with Crippen LogP contribution in [0.3, 0.4) is 0 Å². The van der Waals surface area contributed by atoms with E-state index in [1.54, 1.807) is 0 Å². The fourth-order valence-corrected chi connectivity index (χ4v) is 2.65. The first-order valence-electron chi connectivity index (χ1n) is 6.09. The highest BCUT2D eigenvalue weighted by molar-refractivity contribution is 6.31. The molecule has 4 N–H and O–H groups in total. The number of carboxylic acid groups (broad SMARTS) is 1. The molecular weight excluding hydrogens is 266 g/mol. The van der Waals surface area contributed by atoms with Crippen molar-refractivity contribution in [2.75, 3.05) is 13.2 Å². The van der Waals surface area contributed by atoms with Gasteiger partial charge in [-0.15, -0.1) is 0 Å². The van der Waals surface area contributed by atoms with E-state index in [1.807, 2.05) is 0 Å². The number of Topliss-reactive ketones (excluding diaryl/α,β-unsaturated/α-hetero) is 1. The van der Waals surface area contributed by atoms with Crippen LogP contribution >= 0.6 is 0 Å². The molecule has 0 aromatic carbocycles. The monoisotopic (exact) mass is 279 g/mol. The van der Waals surface area contributed by atoms with Crippen LogP contribution in [0.1, 0.15) is 12.1 Å². The molecule has 3 rings (SSSR count). The number of hydrogen-bond acceptors (Lipinski definition) is 6. The lowest BCUT2D eigenvalue weighted by atomic mass is 9.89. The number of carbonyl (C=O) groups excluding carboxylic acids is 1. The van der Waals surface area contributed by atoms with Gasteiger partial charge in [-0.3, -0.25) is 4.79 Å². The van der Waals surface area contributed by atoms with E-state index in [4.69, 9.17) is 9.84 Å². The summed E-state index contributed by atoms with van der Waals surface area (Å²) in [6.45, 7) is -0.177. The number of carbonyl (C=O) groups is 2. The molecule has 1 aromatic heterocycles. The SMILES string of the molecule is O=C(O)C1=C(c2cnc[nH]2)C(=O)[C@]2(CO[C@H](CO)C2)N1. The molecule has 20 heavy (non-hydrogen) atoms. The minimum Gasteiger partial charge on any atom is -0.477 e. The van der Waals surface area contributed by atoms with Crippen LogP contribution in [0, 0.1) is 0 Å². The van der Waals surface area contributed by atoms with Crippen LogP contribution < -0.4 is 5.32 Å². The summed E-state index contributed by atoms with van der Waals surface area (Å²) < 4.78 is 5.33. The lowest BCUT2D eigenvalue weighted by Crippen LogP contribution is -2.48. The maximum atomic E-state index is 12.6. The molecule has 8 heteroatoms. The molecule has 1 fully saturated rings. The number of aliphatic hydroxyl groups is 1. The van der Waals surface area contributed by atoms with Crippen molar-refractivity contribution in [3.63, 3.8) is 0 Å². The van der Waals surface area contributed by atoms with E-state index < -0.39 is 17.6 Å². The molecule has 2 atom stereocenters. The third-order valence-electron chi connectivity index (χ3n) is 3.60. The van der Waals surface area contributed by atoms with Crippen LogP contribution in [0.4, 0.5) is 0 Å². The number of aliphatic carboxylic acids is 1. The molecule has 0 unspecified atom stereocenters. The smallest absolute Gasteiger partial charge is 0.352 e. The summed E-state index contributed by atoms with van der Waals surface area (Å²) in [5.74, 6) is -1.57. The molecule has 2 aliphatic heterocycles. The van der Waals surface area contributed by atoms with Gasteiger partial charge < -0.3 is 25.3 Å². The fraction of sp³-hybridized carbons (Fsp3) is 0.417. The minimum atomic E-state index is -1.22. The Hall–Kier alpha value is -2.19. The van der Waals surface area contributed by atoms with Crippen molar-refractivity contribution in [2.24, 2.45) is 0 Å². The summed E-state index contributed by atoms with van der Waals surface area (Å²) >= 11 is 0. The first-order valence-corrected chi connectivity index (χ1v) is 6.09. The molecular formula is C12H13N3O5. The van der Waals surface area contributed by atoms with Gasteiger partial charge in [-0.05, 0) is 0 Å². The van der Waals surface area contributed by atoms with Crippen molar-refractivity contribution in [2.45, 2.75) is 18.1 Å². The number of H-pyrrole nitrogens is 1. The maximum Gasteiger partial charge on any atom is 0.352 e. The topological polar surface area (TPSA) is 125 Å². The zero-order valence-corrected chi connectivity index (χ0v) is 10.4. The molecule has 1 saturated heterocycles. The number of carboxylic acids is 1. The highest BCUT2D eigenvalue weighted by Crippen LogP contribution is 2.37. The fourth-order valence-electron chi connectivity index (χ4n) is 2.65. The first-order chi connectivity index (χ1) is 9.57. The predicted molar refractivity (Wildman–Crippen MR) is 65.5 cm³/mol. The molecule has 0 bridgehead atoms. The Balaban J connectivity index is 2.01. The highest BCUT2D eigenvalue weighted by Gasteiger charge is 2.54. The summed E-state index contributed by atoms with van der Waals surface area (Å²) in [6, 6.07) is 0. The van der Waals surface area contributed by atoms with Crippen molar-refractivity contribution in [1.82, 2.24) is 15.3 Å². The summed E-state index contributed by atoms with van der Waals surface area (Å²) in [7, 11) is 0. The Bertz CT molecular complexity index is 594. The van der Waals surface area contributed by atoms with E-state index in [9.17, 15) is 14.7 Å². The number of aromatic amines is 1. The van der Waals surface area contributed by atoms with E-state index in [2.05, 4.69) is 15.3 Å². The van der Waals surface area contributed by atoms with Crippen LogP contribution in [0.15, 0.2) is 18.2 Å². The Labute approximate surface area is 113 Å². The highest BCUT2D eigenvalue weighted by atomic mass is 16.5. The van der Waals surface area contributed by atoms with Crippen molar-refractivity contribution in [1.29, 1.82) is 0 Å². The van der Waals surface area contributed by atoms with Gasteiger partial charge in [0.15, 0.2) is 5.78 Å². The van der Waals surface area contributed by atoms with Crippen molar-refractivity contribution in [3.8, 4) is 0 Å². The zero-order valence-electron chi connectivity index (χ0n) is 10.4. The van der Waals surface area contributed by atoms with Crippen LogP contribution in [-0.4, -0.2) is 56.8 Å². The van der Waals surface area contributed by atoms with Gasteiger partial charge >= 0.3 is 5.97 Å². The van der Waals surface area contributed by atoms with E-state index in [-0.39, 0.29) is 36.7 Å². The van der Waals surface area contributed by atoms with Gasteiger partial charge in [0.25, 0.3) is 0 Å². The van der Waals surface area contributed by atoms with Crippen LogP contribution in [-0.2, 0) is 14.3 Å². The molecule has 0 amide bonds. The summed E-state index contributed by atoms with van der Waals surface area (Å²) in [5.41, 5.74) is -0.857. The molecule has 0 radical (unpaired) electrons. The van der Waals surface area contributed by atoms with Gasteiger partial charge in [-0.2, -0.15) is 0 Å². The predicted octanol–water partition coefficient (Wildman–Crippen LogP) is -1.10. The third kappa shape index (κ3) is 1.73. The van der Waals surface area contributed by atoms with Gasteiger partial charge in [-0.25, -0.2) is 9.78 Å². The van der Waals surface area contributed by atoms with Gasteiger partial charge in [0, 0.05) is 6.42 Å². The number of ketones is 1. The number of nitrogens with zero attached hydrogens (tertiary/aromatic N) is 1. The standard InChI is InChI=1S/C12H13N3O5/c16-3-6-1-12(4-20-6)10(17)8(7-2-13-5-14-7)9(15-12)11(18)19/h2,5-6,15-16H,1,3-4H2,(H,13,14)(H,18,19)/t6-,12-/m0/s1. The minimum absolute atomic E-state index is 0.0332. The number of hydrogen-bond donors (Lipinski definition) is 4. The van der Waals surface area contributed by atoms with Crippen LogP contribution in [0.2, 0.25) is 0 Å². The lowest BCUT2D eigenvalue weighted by molar-refractivity contribution is -0.133. The number of rotatable bonds is 3. The maximum absolute atomic E-state index is 12.6. The van der Waals surface area contributed by atoms with Crippen molar-refractivity contribution in [3.05, 3.63) is 23.9 Å². The molecule has 8 nitrogen and oxygen atoms in total. The van der Waals surface area contributed by atoms with Crippen LogP contribution in [0.5, 0.6) is 0 Å². The number of nitrogens with one attached hydrogen (secondary N) is 2. The van der Waals surface area contributed by atoms with E-state index >= 15 is 0 Å². The third-order valence-corrected chi connectivity index (χ3v) is 3.60. The Morgan fingerprint density at radius 2 is 2.40 bits per heavy atom. The molecule has 0 saturated carbocycles. The van der Waals surface area contributed by atoms with Gasteiger partial charge in [0.05, 0.1) is 43.1 Å².